The highest BCUT2D eigenvalue weighted by Gasteiger charge is 2.20. The summed E-state index contributed by atoms with van der Waals surface area (Å²) in [6.45, 7) is 1.96. The van der Waals surface area contributed by atoms with E-state index in [0.717, 1.165) is 17.8 Å². The van der Waals surface area contributed by atoms with Crippen molar-refractivity contribution in [2.24, 2.45) is 0 Å². The molecule has 2 rings (SSSR count). The molecule has 1 aliphatic heterocycles. The Labute approximate surface area is 77.2 Å². The highest BCUT2D eigenvalue weighted by atomic mass is 16.5. The van der Waals surface area contributed by atoms with Gasteiger partial charge in [0.15, 0.2) is 0 Å². The molecule has 4 nitrogen and oxygen atoms in total. The molecule has 2 heterocycles. The van der Waals surface area contributed by atoms with Gasteiger partial charge in [0.2, 0.25) is 0 Å². The van der Waals surface area contributed by atoms with Crippen molar-refractivity contribution in [1.82, 2.24) is 0 Å². The van der Waals surface area contributed by atoms with Crippen molar-refractivity contribution >= 4 is 11.5 Å². The second-order valence-electron chi connectivity index (χ2n) is 3.34. The maximum Gasteiger partial charge on any atom is 0.279 e. The molecule has 0 aromatic carbocycles. The summed E-state index contributed by atoms with van der Waals surface area (Å²) in [7, 11) is 0. The first-order chi connectivity index (χ1) is 6.27. The summed E-state index contributed by atoms with van der Waals surface area (Å²) >= 11 is 0. The zero-order chi connectivity index (χ0) is 9.26. The summed E-state index contributed by atoms with van der Waals surface area (Å²) in [6, 6.07) is 3.55. The number of aromatic nitrogens is 1. The van der Waals surface area contributed by atoms with E-state index >= 15 is 0 Å². The SMILES string of the molecule is Nc1ccc(N2CCCC2)[n+]([O-])c1. The Hall–Kier alpha value is -1.45. The van der Waals surface area contributed by atoms with Crippen LogP contribution in [0.4, 0.5) is 11.5 Å². The first kappa shape index (κ1) is 8.16. The molecule has 1 aromatic heterocycles. The smallest absolute Gasteiger partial charge is 0.279 e. The van der Waals surface area contributed by atoms with Gasteiger partial charge in [-0.2, -0.15) is 0 Å². The van der Waals surface area contributed by atoms with Gasteiger partial charge in [-0.25, -0.2) is 4.73 Å². The molecule has 0 amide bonds. The van der Waals surface area contributed by atoms with Crippen LogP contribution in [0.25, 0.3) is 0 Å². The third-order valence-corrected chi connectivity index (χ3v) is 2.35. The second kappa shape index (κ2) is 3.12. The third-order valence-electron chi connectivity index (χ3n) is 2.35. The number of anilines is 2. The van der Waals surface area contributed by atoms with Crippen LogP contribution in [0.5, 0.6) is 0 Å². The zero-order valence-electron chi connectivity index (χ0n) is 7.44. The molecule has 2 N–H and O–H groups in total. The molecule has 1 fully saturated rings. The first-order valence-electron chi connectivity index (χ1n) is 4.51. The summed E-state index contributed by atoms with van der Waals surface area (Å²) < 4.78 is 0.848. The Kier molecular flexibility index (Phi) is 1.96. The maximum absolute atomic E-state index is 11.4. The van der Waals surface area contributed by atoms with E-state index in [1.165, 1.54) is 19.0 Å². The van der Waals surface area contributed by atoms with Gasteiger partial charge in [0.1, 0.15) is 6.20 Å². The predicted octanol–water partition coefficient (Wildman–Crippen LogP) is 0.502. The number of nitrogens with two attached hydrogens (primary N) is 1. The van der Waals surface area contributed by atoms with E-state index in [2.05, 4.69) is 4.90 Å². The van der Waals surface area contributed by atoms with Gasteiger partial charge in [0.25, 0.3) is 5.82 Å². The predicted molar refractivity (Wildman–Crippen MR) is 51.3 cm³/mol. The zero-order valence-corrected chi connectivity index (χ0v) is 7.44. The molecule has 1 aromatic rings. The minimum atomic E-state index is 0.512. The van der Waals surface area contributed by atoms with Crippen LogP contribution in [0.1, 0.15) is 12.8 Å². The van der Waals surface area contributed by atoms with Crippen LogP contribution in [-0.4, -0.2) is 13.1 Å². The van der Waals surface area contributed by atoms with Gasteiger partial charge in [-0.1, -0.05) is 0 Å². The lowest BCUT2D eigenvalue weighted by molar-refractivity contribution is -0.591. The molecule has 0 bridgehead atoms. The lowest BCUT2D eigenvalue weighted by Gasteiger charge is -2.15. The largest absolute Gasteiger partial charge is 0.711 e. The van der Waals surface area contributed by atoms with Crippen molar-refractivity contribution in [2.75, 3.05) is 23.7 Å². The molecule has 0 atom stereocenters. The van der Waals surface area contributed by atoms with Crippen LogP contribution in [0, 0.1) is 5.21 Å². The monoisotopic (exact) mass is 179 g/mol. The van der Waals surface area contributed by atoms with E-state index in [0.29, 0.717) is 11.5 Å². The van der Waals surface area contributed by atoms with E-state index < -0.39 is 0 Å². The summed E-state index contributed by atoms with van der Waals surface area (Å²) in [5.74, 6) is 0.715. The molecule has 4 heteroatoms. The van der Waals surface area contributed by atoms with Crippen LogP contribution < -0.4 is 15.4 Å². The molecular formula is C9H13N3O. The molecule has 1 saturated heterocycles. The summed E-state index contributed by atoms with van der Waals surface area (Å²) in [5.41, 5.74) is 6.00. The Bertz CT molecular complexity index is 308. The number of pyridine rings is 1. The molecule has 0 saturated carbocycles. The van der Waals surface area contributed by atoms with Crippen LogP contribution in [-0.2, 0) is 0 Å². The van der Waals surface area contributed by atoms with Crippen molar-refractivity contribution < 1.29 is 4.73 Å². The van der Waals surface area contributed by atoms with Gasteiger partial charge < -0.3 is 10.9 Å². The third kappa shape index (κ3) is 1.52. The van der Waals surface area contributed by atoms with Crippen molar-refractivity contribution in [3.05, 3.63) is 23.5 Å². The van der Waals surface area contributed by atoms with E-state index in [9.17, 15) is 5.21 Å². The fourth-order valence-corrected chi connectivity index (χ4v) is 1.68. The average Bonchev–Trinajstić information content (AvgIpc) is 2.56. The Balaban J connectivity index is 2.29. The van der Waals surface area contributed by atoms with Gasteiger partial charge >= 0.3 is 0 Å². The standard InChI is InChI=1S/C9H13N3O/c10-8-3-4-9(12(13)7-8)11-5-1-2-6-11/h3-4,7H,1-2,5-6,10H2. The Morgan fingerprint density at radius 1 is 1.31 bits per heavy atom. The number of nitrogen functional groups attached to an aromatic ring is 1. The molecule has 0 spiro atoms. The number of hydrogen-bond donors (Lipinski definition) is 1. The van der Waals surface area contributed by atoms with Crippen molar-refractivity contribution in [2.45, 2.75) is 12.8 Å². The molecule has 70 valence electrons. The fourth-order valence-electron chi connectivity index (χ4n) is 1.68. The van der Waals surface area contributed by atoms with Crippen LogP contribution in [0.15, 0.2) is 18.3 Å². The Morgan fingerprint density at radius 3 is 2.62 bits per heavy atom. The summed E-state index contributed by atoms with van der Waals surface area (Å²) in [6.07, 6.45) is 3.75. The van der Waals surface area contributed by atoms with Crippen molar-refractivity contribution in [1.29, 1.82) is 0 Å². The summed E-state index contributed by atoms with van der Waals surface area (Å²) in [5, 5.41) is 11.4. The minimum absolute atomic E-state index is 0.512. The molecule has 0 aliphatic carbocycles. The van der Waals surface area contributed by atoms with Crippen molar-refractivity contribution in [3.8, 4) is 0 Å². The molecule has 0 radical (unpaired) electrons. The van der Waals surface area contributed by atoms with Crippen LogP contribution in [0.2, 0.25) is 0 Å². The highest BCUT2D eigenvalue weighted by molar-refractivity contribution is 5.41. The number of rotatable bonds is 1. The second-order valence-corrected chi connectivity index (χ2v) is 3.34. The molecule has 0 unspecified atom stereocenters. The van der Waals surface area contributed by atoms with E-state index in [-0.39, 0.29) is 0 Å². The highest BCUT2D eigenvalue weighted by Crippen LogP contribution is 2.16. The van der Waals surface area contributed by atoms with Gasteiger partial charge in [-0.15, -0.1) is 0 Å². The van der Waals surface area contributed by atoms with E-state index in [4.69, 9.17) is 5.73 Å². The lowest BCUT2D eigenvalue weighted by Crippen LogP contribution is -2.36. The lowest BCUT2D eigenvalue weighted by atomic mass is 10.4. The quantitative estimate of drug-likeness (QED) is 0.504. The van der Waals surface area contributed by atoms with E-state index in [1.54, 1.807) is 12.1 Å². The maximum atomic E-state index is 11.4. The minimum Gasteiger partial charge on any atom is -0.711 e. The molecule has 13 heavy (non-hydrogen) atoms. The first-order valence-corrected chi connectivity index (χ1v) is 4.51. The molecular weight excluding hydrogens is 166 g/mol. The molecule has 1 aliphatic rings. The van der Waals surface area contributed by atoms with Crippen LogP contribution >= 0.6 is 0 Å². The Morgan fingerprint density at radius 2 is 2.00 bits per heavy atom. The number of hydrogen-bond acceptors (Lipinski definition) is 3. The number of nitrogens with zero attached hydrogens (tertiary/aromatic N) is 2. The topological polar surface area (TPSA) is 56.2 Å². The van der Waals surface area contributed by atoms with Crippen molar-refractivity contribution in [3.63, 3.8) is 0 Å². The fraction of sp³-hybridized carbons (Fsp3) is 0.444. The van der Waals surface area contributed by atoms with Crippen LogP contribution in [0.3, 0.4) is 0 Å². The van der Waals surface area contributed by atoms with E-state index in [1.807, 2.05) is 0 Å². The average molecular weight is 179 g/mol. The van der Waals surface area contributed by atoms with Gasteiger partial charge in [0, 0.05) is 6.07 Å². The van der Waals surface area contributed by atoms with Gasteiger partial charge in [-0.3, -0.25) is 4.90 Å². The van der Waals surface area contributed by atoms with Gasteiger partial charge in [-0.05, 0) is 18.9 Å². The van der Waals surface area contributed by atoms with Gasteiger partial charge in [0.05, 0.1) is 18.8 Å². The summed E-state index contributed by atoms with van der Waals surface area (Å²) in [4.78, 5) is 2.09. The normalized spacial score (nSPS) is 16.5.